The smallest absolute Gasteiger partial charge is 0.244 e. The molecule has 0 aliphatic rings. The van der Waals surface area contributed by atoms with Crippen LogP contribution in [0.4, 0.5) is 5.69 Å². The Hall–Kier alpha value is -1.56. The molecule has 0 saturated heterocycles. The number of rotatable bonds is 4. The van der Waals surface area contributed by atoms with Gasteiger partial charge in [0.25, 0.3) is 0 Å². The summed E-state index contributed by atoms with van der Waals surface area (Å²) < 4.78 is 21.5. The van der Waals surface area contributed by atoms with Gasteiger partial charge in [-0.15, -0.1) is 0 Å². The van der Waals surface area contributed by atoms with E-state index < -0.39 is 10.0 Å². The molecule has 0 aromatic heterocycles. The molecule has 0 unspecified atom stereocenters. The van der Waals surface area contributed by atoms with Crippen molar-refractivity contribution in [2.45, 2.75) is 0 Å². The first-order chi connectivity index (χ1) is 7.38. The molecule has 6 heteroatoms. The van der Waals surface area contributed by atoms with E-state index >= 15 is 0 Å². The highest BCUT2D eigenvalue weighted by atomic mass is 32.2. The Balaban J connectivity index is 2.69. The summed E-state index contributed by atoms with van der Waals surface area (Å²) in [7, 11) is 0.633. The van der Waals surface area contributed by atoms with Gasteiger partial charge >= 0.3 is 0 Å². The number of nitrogens with one attached hydrogen (secondary N) is 1. The maximum atomic E-state index is 10.7. The lowest BCUT2D eigenvalue weighted by molar-refractivity contribution is 0.591. The van der Waals surface area contributed by atoms with E-state index in [4.69, 9.17) is 0 Å². The average molecular weight is 241 g/mol. The maximum Gasteiger partial charge on any atom is 0.244 e. The minimum atomic E-state index is -3.27. The van der Waals surface area contributed by atoms with Crippen LogP contribution in [0.2, 0.25) is 0 Å². The number of hydrogen-bond acceptors (Lipinski definition) is 4. The Bertz CT molecular complexity index is 463. The molecule has 16 heavy (non-hydrogen) atoms. The molecular formula is C10H15N3O2S. The highest BCUT2D eigenvalue weighted by Gasteiger charge is 1.96. The second-order valence-electron chi connectivity index (χ2n) is 3.61. The molecule has 1 N–H and O–H groups in total. The highest BCUT2D eigenvalue weighted by Crippen LogP contribution is 2.10. The molecule has 88 valence electrons. The lowest BCUT2D eigenvalue weighted by Crippen LogP contribution is -2.15. The second kappa shape index (κ2) is 4.98. The molecule has 0 atom stereocenters. The Morgan fingerprint density at radius 3 is 2.25 bits per heavy atom. The molecule has 1 aromatic carbocycles. The third kappa shape index (κ3) is 4.31. The first kappa shape index (κ1) is 12.5. The largest absolute Gasteiger partial charge is 0.378 e. The molecule has 5 nitrogen and oxygen atoms in total. The molecule has 0 heterocycles. The Kier molecular flexibility index (Phi) is 3.89. The first-order valence-electron chi connectivity index (χ1n) is 4.66. The van der Waals surface area contributed by atoms with E-state index in [1.54, 1.807) is 0 Å². The van der Waals surface area contributed by atoms with Gasteiger partial charge in [-0.3, -0.25) is 0 Å². The van der Waals surface area contributed by atoms with Crippen molar-refractivity contribution in [1.82, 2.24) is 4.83 Å². The predicted octanol–water partition coefficient (Wildman–Crippen LogP) is 0.636. The van der Waals surface area contributed by atoms with Crippen LogP contribution >= 0.6 is 0 Å². The van der Waals surface area contributed by atoms with E-state index in [1.165, 1.54) is 6.21 Å². The molecule has 0 spiro atoms. The van der Waals surface area contributed by atoms with Gasteiger partial charge in [0.05, 0.1) is 12.5 Å². The van der Waals surface area contributed by atoms with Crippen LogP contribution in [0.1, 0.15) is 5.56 Å². The van der Waals surface area contributed by atoms with Gasteiger partial charge in [-0.1, -0.05) is 12.1 Å². The highest BCUT2D eigenvalue weighted by molar-refractivity contribution is 7.88. The van der Waals surface area contributed by atoms with Crippen molar-refractivity contribution < 1.29 is 8.42 Å². The molecule has 0 aliphatic carbocycles. The van der Waals surface area contributed by atoms with Crippen LogP contribution in [0, 0.1) is 0 Å². The van der Waals surface area contributed by atoms with Crippen LogP contribution in [0.5, 0.6) is 0 Å². The van der Waals surface area contributed by atoms with Crippen molar-refractivity contribution in [1.29, 1.82) is 0 Å². The molecule has 0 amide bonds. The van der Waals surface area contributed by atoms with E-state index in [1.807, 2.05) is 48.1 Å². The van der Waals surface area contributed by atoms with Gasteiger partial charge in [0.15, 0.2) is 0 Å². The molecule has 0 saturated carbocycles. The molecular weight excluding hydrogens is 226 g/mol. The van der Waals surface area contributed by atoms with Gasteiger partial charge in [-0.05, 0) is 17.7 Å². The van der Waals surface area contributed by atoms with Crippen molar-refractivity contribution in [2.75, 3.05) is 25.3 Å². The van der Waals surface area contributed by atoms with Gasteiger partial charge in [0.1, 0.15) is 0 Å². The molecule has 0 bridgehead atoms. The lowest BCUT2D eigenvalue weighted by Gasteiger charge is -2.11. The lowest BCUT2D eigenvalue weighted by atomic mass is 10.2. The molecule has 0 fully saturated rings. The fraction of sp³-hybridized carbons (Fsp3) is 0.300. The van der Waals surface area contributed by atoms with Gasteiger partial charge in [-0.25, -0.2) is 13.2 Å². The predicted molar refractivity (Wildman–Crippen MR) is 66.3 cm³/mol. The number of hydrazone groups is 1. The summed E-state index contributed by atoms with van der Waals surface area (Å²) in [5.41, 5.74) is 1.91. The average Bonchev–Trinajstić information content (AvgIpc) is 2.16. The number of sulfonamides is 1. The van der Waals surface area contributed by atoms with Crippen LogP contribution in [-0.4, -0.2) is 35.0 Å². The third-order valence-corrected chi connectivity index (χ3v) is 2.28. The molecule has 1 aromatic rings. The first-order valence-corrected chi connectivity index (χ1v) is 6.55. The zero-order valence-electron chi connectivity index (χ0n) is 9.51. The third-order valence-electron chi connectivity index (χ3n) is 1.84. The summed E-state index contributed by atoms with van der Waals surface area (Å²) in [6.45, 7) is 0. The molecule has 0 aliphatic heterocycles. The normalized spacial score (nSPS) is 11.7. The van der Waals surface area contributed by atoms with Crippen LogP contribution in [-0.2, 0) is 10.0 Å². The van der Waals surface area contributed by atoms with Crippen molar-refractivity contribution >= 4 is 21.9 Å². The summed E-state index contributed by atoms with van der Waals surface area (Å²) >= 11 is 0. The fourth-order valence-electron chi connectivity index (χ4n) is 1.06. The van der Waals surface area contributed by atoms with Crippen molar-refractivity contribution in [2.24, 2.45) is 5.10 Å². The Morgan fingerprint density at radius 1 is 1.25 bits per heavy atom. The number of benzene rings is 1. The minimum absolute atomic E-state index is 0.835. The fourth-order valence-corrected chi connectivity index (χ4v) is 1.30. The summed E-state index contributed by atoms with van der Waals surface area (Å²) in [5, 5.41) is 3.61. The van der Waals surface area contributed by atoms with E-state index in [-0.39, 0.29) is 0 Å². The van der Waals surface area contributed by atoms with Crippen molar-refractivity contribution in [3.05, 3.63) is 29.8 Å². The summed E-state index contributed by atoms with van der Waals surface area (Å²) in [6.07, 6.45) is 2.51. The quantitative estimate of drug-likeness (QED) is 0.621. The Labute approximate surface area is 95.8 Å². The number of anilines is 1. The van der Waals surface area contributed by atoms with Crippen LogP contribution in [0.25, 0.3) is 0 Å². The summed E-state index contributed by atoms with van der Waals surface area (Å²) in [4.78, 5) is 4.02. The number of hydrogen-bond donors (Lipinski definition) is 1. The topological polar surface area (TPSA) is 61.8 Å². The van der Waals surface area contributed by atoms with Gasteiger partial charge in [0, 0.05) is 19.8 Å². The standard InChI is InChI=1S/C10H15N3O2S/c1-13(2)10-6-4-9(5-7-10)8-11-12-16(3,14)15/h4-8,12H,1-3H3/b11-8-. The maximum absolute atomic E-state index is 10.7. The zero-order valence-corrected chi connectivity index (χ0v) is 10.3. The minimum Gasteiger partial charge on any atom is -0.378 e. The van der Waals surface area contributed by atoms with E-state index in [0.717, 1.165) is 17.5 Å². The van der Waals surface area contributed by atoms with Crippen LogP contribution in [0.3, 0.4) is 0 Å². The van der Waals surface area contributed by atoms with Gasteiger partial charge < -0.3 is 4.90 Å². The van der Waals surface area contributed by atoms with E-state index in [9.17, 15) is 8.42 Å². The van der Waals surface area contributed by atoms with Crippen molar-refractivity contribution in [3.63, 3.8) is 0 Å². The van der Waals surface area contributed by atoms with E-state index in [0.29, 0.717) is 0 Å². The van der Waals surface area contributed by atoms with Crippen molar-refractivity contribution in [3.8, 4) is 0 Å². The monoisotopic (exact) mass is 241 g/mol. The van der Waals surface area contributed by atoms with Crippen LogP contribution in [0.15, 0.2) is 29.4 Å². The molecule has 1 rings (SSSR count). The van der Waals surface area contributed by atoms with Gasteiger partial charge in [0.2, 0.25) is 10.0 Å². The molecule has 0 radical (unpaired) electrons. The van der Waals surface area contributed by atoms with Crippen LogP contribution < -0.4 is 9.73 Å². The summed E-state index contributed by atoms with van der Waals surface area (Å²) in [6, 6.07) is 7.59. The number of nitrogens with zero attached hydrogens (tertiary/aromatic N) is 2. The zero-order chi connectivity index (χ0) is 12.2. The van der Waals surface area contributed by atoms with Gasteiger partial charge in [-0.2, -0.15) is 5.10 Å². The second-order valence-corrected chi connectivity index (χ2v) is 5.33. The summed E-state index contributed by atoms with van der Waals surface area (Å²) in [5.74, 6) is 0. The Morgan fingerprint density at radius 2 is 1.81 bits per heavy atom. The van der Waals surface area contributed by atoms with E-state index in [2.05, 4.69) is 5.10 Å². The SMILES string of the molecule is CN(C)c1ccc(/C=N\NS(C)(=O)=O)cc1.